The molecule has 1 unspecified atom stereocenters. The molecule has 2 aromatic carbocycles. The maximum absolute atomic E-state index is 6.08. The van der Waals surface area contributed by atoms with Crippen molar-refractivity contribution in [2.75, 3.05) is 6.54 Å². The number of hydrogen-bond acceptors (Lipinski definition) is 7. The summed E-state index contributed by atoms with van der Waals surface area (Å²) < 4.78 is 21.9. The summed E-state index contributed by atoms with van der Waals surface area (Å²) in [5.41, 5.74) is 15.3. The summed E-state index contributed by atoms with van der Waals surface area (Å²) >= 11 is 2.53. The van der Waals surface area contributed by atoms with Crippen molar-refractivity contribution in [1.82, 2.24) is 5.43 Å². The van der Waals surface area contributed by atoms with Gasteiger partial charge in [0.25, 0.3) is 0 Å². The van der Waals surface area contributed by atoms with Gasteiger partial charge in [-0.05, 0) is 17.2 Å². The maximum Gasteiger partial charge on any atom is 0.413 e. The largest absolute Gasteiger partial charge is 0.483 e. The molecule has 0 radical (unpaired) electrons. The van der Waals surface area contributed by atoms with E-state index in [4.69, 9.17) is 20.9 Å². The average molecular weight is 467 g/mol. The van der Waals surface area contributed by atoms with E-state index in [0.29, 0.717) is 73.0 Å². The summed E-state index contributed by atoms with van der Waals surface area (Å²) in [5, 5.41) is 4.65. The van der Waals surface area contributed by atoms with Crippen LogP contribution in [0.5, 0.6) is 0 Å². The predicted molar refractivity (Wildman–Crippen MR) is 127 cm³/mol. The zero-order valence-electron chi connectivity index (χ0n) is 17.8. The number of hydrazone groups is 1. The van der Waals surface area contributed by atoms with Gasteiger partial charge in [0.1, 0.15) is 12.6 Å². The molecule has 0 aliphatic carbocycles. The van der Waals surface area contributed by atoms with Crippen molar-refractivity contribution in [3.63, 3.8) is 0 Å². The minimum Gasteiger partial charge on any atom is -0.483 e. The molecule has 0 bridgehead atoms. The highest BCUT2D eigenvalue weighted by Crippen LogP contribution is 2.25. The summed E-state index contributed by atoms with van der Waals surface area (Å²) in [6.07, 6.45) is 1.62. The standard InChI is InChI=1S/C19H17N3O4.4Al.8H/c20-10-15-9-16(11-1-5-13(6-2-11)18(23)24)21-22-17(15)12-3-7-14(8-4-12)19(25)26;;;;;;;;;;;;/h1-9,15,18-19,21H,10,20H2;;;;;;;;;;;;/q-4;4*+1;;;;;;;;. The van der Waals surface area contributed by atoms with Gasteiger partial charge < -0.3 is 20.9 Å². The first kappa shape index (κ1) is 24.2. The Hall–Kier alpha value is -0.420. The monoisotopic (exact) mass is 467 g/mol. The molecule has 0 amide bonds. The minimum absolute atomic E-state index is 0.0231. The lowest BCUT2D eigenvalue weighted by Gasteiger charge is -2.23. The molecule has 0 saturated carbocycles. The maximum atomic E-state index is 6.08. The molecule has 152 valence electrons. The van der Waals surface area contributed by atoms with Crippen LogP contribution >= 0.6 is 0 Å². The van der Waals surface area contributed by atoms with Gasteiger partial charge in [0.15, 0.2) is 0 Å². The Labute approximate surface area is 210 Å². The number of nitrogens with zero attached hydrogens (tertiary/aromatic N) is 1. The van der Waals surface area contributed by atoms with Crippen LogP contribution in [0.25, 0.3) is 5.70 Å². The highest BCUT2D eigenvalue weighted by atomic mass is 27.1. The molecule has 11 heteroatoms. The Morgan fingerprint density at radius 1 is 0.800 bits per heavy atom. The van der Waals surface area contributed by atoms with Gasteiger partial charge in [-0.15, -0.1) is 0 Å². The summed E-state index contributed by atoms with van der Waals surface area (Å²) in [7, 11) is 0. The van der Waals surface area contributed by atoms with Gasteiger partial charge in [-0.3, -0.25) is 5.43 Å². The van der Waals surface area contributed by atoms with Crippen molar-refractivity contribution in [2.24, 2.45) is 16.8 Å². The molecular formula is C19H25Al4N3O4. The van der Waals surface area contributed by atoms with Crippen LogP contribution in [0.15, 0.2) is 59.7 Å². The Kier molecular flexibility index (Phi) is 9.68. The van der Waals surface area contributed by atoms with Crippen LogP contribution in [-0.4, -0.2) is 78.8 Å². The fourth-order valence-corrected chi connectivity index (χ4v) is 6.14. The van der Waals surface area contributed by atoms with E-state index >= 15 is 0 Å². The average Bonchev–Trinajstić information content (AvgIpc) is 2.81. The van der Waals surface area contributed by atoms with Gasteiger partial charge in [-0.1, -0.05) is 48.5 Å². The second-order valence-corrected chi connectivity index (χ2v) is 8.77. The second kappa shape index (κ2) is 12.0. The fraction of sp³-hybridized carbons (Fsp3) is 0.211. The van der Waals surface area contributed by atoms with E-state index in [2.05, 4.69) is 16.6 Å². The van der Waals surface area contributed by atoms with E-state index in [1.807, 2.05) is 48.5 Å². The minimum atomic E-state index is -0.260. The molecule has 0 spiro atoms. The van der Waals surface area contributed by atoms with Crippen LogP contribution in [0, 0.1) is 5.92 Å². The molecule has 0 saturated heterocycles. The molecule has 1 atom stereocenters. The highest BCUT2D eigenvalue weighted by molar-refractivity contribution is 6.05. The molecule has 1 heterocycles. The van der Waals surface area contributed by atoms with Crippen LogP contribution in [0.1, 0.15) is 34.8 Å². The number of hydrogen-bond donors (Lipinski definition) is 2. The highest BCUT2D eigenvalue weighted by Gasteiger charge is 2.21. The lowest BCUT2D eigenvalue weighted by molar-refractivity contribution is 0.0178. The number of rotatable bonds is 9. The zero-order valence-corrected chi connectivity index (χ0v) is 25.8. The molecule has 3 rings (SSSR count). The van der Waals surface area contributed by atoms with Gasteiger partial charge in [0, 0.05) is 23.6 Å². The van der Waals surface area contributed by atoms with E-state index < -0.39 is 0 Å². The third kappa shape index (κ3) is 5.68. The van der Waals surface area contributed by atoms with E-state index in [9.17, 15) is 0 Å². The first-order chi connectivity index (χ1) is 14.6. The van der Waals surface area contributed by atoms with Crippen molar-refractivity contribution in [1.29, 1.82) is 0 Å². The Bertz CT molecular complexity index is 886. The van der Waals surface area contributed by atoms with Crippen LogP contribution in [0.3, 0.4) is 0 Å². The van der Waals surface area contributed by atoms with Crippen LogP contribution < -0.4 is 11.2 Å². The van der Waals surface area contributed by atoms with Gasteiger partial charge in [0.05, 0.1) is 11.4 Å². The first-order valence-corrected chi connectivity index (χ1v) is 13.0. The lowest BCUT2D eigenvalue weighted by Crippen LogP contribution is -2.29. The summed E-state index contributed by atoms with van der Waals surface area (Å²) in [5.74, 6) is 0.0231. The van der Waals surface area contributed by atoms with Crippen molar-refractivity contribution >= 4 is 77.9 Å². The lowest BCUT2D eigenvalue weighted by atomic mass is 9.92. The molecule has 3 N–H and O–H groups in total. The molecule has 7 nitrogen and oxygen atoms in total. The number of nitrogens with one attached hydrogen (secondary N) is 1. The summed E-state index contributed by atoms with van der Waals surface area (Å²) in [6.45, 7) is 0.477. The Morgan fingerprint density at radius 3 is 1.70 bits per heavy atom. The zero-order chi connectivity index (χ0) is 21.5. The van der Waals surface area contributed by atoms with Gasteiger partial charge in [-0.2, -0.15) is 5.10 Å². The molecule has 0 fully saturated rings. The van der Waals surface area contributed by atoms with Crippen LogP contribution in [-0.2, 0) is 15.2 Å². The third-order valence-electron chi connectivity index (χ3n) is 5.10. The SMILES string of the molecule is NCC1C=C(c2ccc(C([O][AlH2])[O][AlH2])cc2)NN=C1c1ccc(C([O][AlH2])[O][AlH2])cc1. The molecule has 1 aliphatic heterocycles. The smallest absolute Gasteiger partial charge is 0.413 e. The van der Waals surface area contributed by atoms with E-state index in [1.165, 1.54) is 0 Å². The van der Waals surface area contributed by atoms with E-state index in [-0.39, 0.29) is 18.5 Å². The predicted octanol–water partition coefficient (Wildman–Crippen LogP) is -1.13. The summed E-state index contributed by atoms with van der Waals surface area (Å²) in [4.78, 5) is 0. The van der Waals surface area contributed by atoms with Crippen molar-refractivity contribution in [2.45, 2.75) is 12.6 Å². The quantitative estimate of drug-likeness (QED) is 0.359. The molecule has 1 aliphatic rings. The van der Waals surface area contributed by atoms with Gasteiger partial charge in [-0.25, -0.2) is 0 Å². The first-order valence-electron chi connectivity index (χ1n) is 9.72. The van der Waals surface area contributed by atoms with Crippen molar-refractivity contribution < 1.29 is 15.2 Å². The summed E-state index contributed by atoms with van der Waals surface area (Å²) in [6, 6.07) is 16.3. The van der Waals surface area contributed by atoms with Crippen molar-refractivity contribution in [3.8, 4) is 0 Å². The number of benzene rings is 2. The van der Waals surface area contributed by atoms with Crippen molar-refractivity contribution in [3.05, 3.63) is 76.9 Å². The molecular weight excluding hydrogens is 442 g/mol. The normalized spacial score (nSPS) is 16.3. The van der Waals surface area contributed by atoms with Gasteiger partial charge in [0.2, 0.25) is 0 Å². The Morgan fingerprint density at radius 2 is 1.27 bits per heavy atom. The Balaban J connectivity index is 1.78. The van der Waals surface area contributed by atoms with Crippen LogP contribution in [0.4, 0.5) is 0 Å². The second-order valence-electron chi connectivity index (χ2n) is 6.88. The third-order valence-corrected chi connectivity index (χ3v) is 6.81. The van der Waals surface area contributed by atoms with E-state index in [0.717, 1.165) is 33.7 Å². The molecule has 30 heavy (non-hydrogen) atoms. The van der Waals surface area contributed by atoms with Crippen LogP contribution in [0.2, 0.25) is 0 Å². The molecule has 0 aromatic heterocycles. The number of nitrogens with two attached hydrogens (primary N) is 1. The topological polar surface area (TPSA) is 87.3 Å². The van der Waals surface area contributed by atoms with E-state index in [1.54, 1.807) is 0 Å². The molecule has 2 aromatic rings. The fourth-order valence-electron chi connectivity index (χ4n) is 3.51. The van der Waals surface area contributed by atoms with Gasteiger partial charge >= 0.3 is 66.5 Å².